The number of nitro benzene ring substituents is 1. The quantitative estimate of drug-likeness (QED) is 0.511. The fourth-order valence-electron chi connectivity index (χ4n) is 2.70. The molecule has 0 aliphatic rings. The molecule has 1 unspecified atom stereocenters. The molecule has 2 amide bonds. The summed E-state index contributed by atoms with van der Waals surface area (Å²) in [4.78, 5) is 37.3. The first-order valence-electron chi connectivity index (χ1n) is 8.90. The third-order valence-corrected chi connectivity index (χ3v) is 5.02. The summed E-state index contributed by atoms with van der Waals surface area (Å²) in [5.74, 6) is -0.849. The highest BCUT2D eigenvalue weighted by Gasteiger charge is 2.25. The monoisotopic (exact) mass is 437 g/mol. The van der Waals surface area contributed by atoms with E-state index in [4.69, 9.17) is 23.2 Å². The number of nitrogens with one attached hydrogen (secondary N) is 1. The lowest BCUT2D eigenvalue weighted by molar-refractivity contribution is -0.384. The average molecular weight is 438 g/mol. The van der Waals surface area contributed by atoms with Gasteiger partial charge in [0.15, 0.2) is 0 Å². The number of amides is 2. The fraction of sp³-hybridized carbons (Fsp3) is 0.300. The number of halogens is 2. The molecule has 0 aliphatic carbocycles. The average Bonchev–Trinajstić information content (AvgIpc) is 2.67. The number of benzene rings is 2. The van der Waals surface area contributed by atoms with Crippen LogP contribution in [0.4, 0.5) is 5.69 Å². The maximum absolute atomic E-state index is 12.9. The topological polar surface area (TPSA) is 92.5 Å². The van der Waals surface area contributed by atoms with Crippen LogP contribution < -0.4 is 5.32 Å². The van der Waals surface area contributed by atoms with Gasteiger partial charge in [-0.1, -0.05) is 35.3 Å². The SMILES string of the molecule is CC(NC(=O)c1cccc([N+](=O)[O-])c1)C(=O)N(Cc1ccc(Cl)c(Cl)c1)C(C)C. The number of hydrogen-bond donors (Lipinski definition) is 1. The first-order valence-corrected chi connectivity index (χ1v) is 9.65. The van der Waals surface area contributed by atoms with Crippen LogP contribution in [-0.4, -0.2) is 33.7 Å². The van der Waals surface area contributed by atoms with Gasteiger partial charge in [0.1, 0.15) is 6.04 Å². The molecule has 1 atom stereocenters. The molecule has 2 aromatic carbocycles. The standard InChI is InChI=1S/C20H21Cl2N3O4/c1-12(2)24(11-14-7-8-17(21)18(22)9-14)20(27)13(3)23-19(26)15-5-4-6-16(10-15)25(28)29/h4-10,12-13H,11H2,1-3H3,(H,23,26). The Kier molecular flexibility index (Phi) is 7.59. The number of non-ortho nitro benzene ring substituents is 1. The fourth-order valence-corrected chi connectivity index (χ4v) is 3.02. The highest BCUT2D eigenvalue weighted by atomic mass is 35.5. The lowest BCUT2D eigenvalue weighted by Gasteiger charge is -2.30. The van der Waals surface area contributed by atoms with Gasteiger partial charge in [0.05, 0.1) is 15.0 Å². The number of nitro groups is 1. The molecule has 0 aromatic heterocycles. The minimum absolute atomic E-state index is 0.111. The Morgan fingerprint density at radius 2 is 1.79 bits per heavy atom. The number of hydrogen-bond acceptors (Lipinski definition) is 4. The number of nitrogens with zero attached hydrogens (tertiary/aromatic N) is 2. The third kappa shape index (κ3) is 5.92. The predicted octanol–water partition coefficient (Wildman–Crippen LogP) is 4.46. The predicted molar refractivity (Wildman–Crippen MR) is 112 cm³/mol. The van der Waals surface area contributed by atoms with Crippen LogP contribution in [0.25, 0.3) is 0 Å². The Morgan fingerprint density at radius 3 is 2.38 bits per heavy atom. The van der Waals surface area contributed by atoms with Crippen molar-refractivity contribution >= 4 is 40.7 Å². The number of rotatable bonds is 7. The summed E-state index contributed by atoms with van der Waals surface area (Å²) in [6.07, 6.45) is 0. The second-order valence-corrected chi connectivity index (χ2v) is 7.63. The van der Waals surface area contributed by atoms with Crippen LogP contribution >= 0.6 is 23.2 Å². The largest absolute Gasteiger partial charge is 0.341 e. The lowest BCUT2D eigenvalue weighted by Crippen LogP contribution is -2.49. The Labute approximate surface area is 178 Å². The van der Waals surface area contributed by atoms with E-state index in [1.54, 1.807) is 30.0 Å². The van der Waals surface area contributed by atoms with Crippen molar-refractivity contribution in [3.8, 4) is 0 Å². The summed E-state index contributed by atoms with van der Waals surface area (Å²) in [7, 11) is 0. The van der Waals surface area contributed by atoms with E-state index in [0.717, 1.165) is 5.56 Å². The van der Waals surface area contributed by atoms with E-state index in [1.807, 2.05) is 13.8 Å². The van der Waals surface area contributed by atoms with Crippen LogP contribution in [0.2, 0.25) is 10.0 Å². The van der Waals surface area contributed by atoms with E-state index in [9.17, 15) is 19.7 Å². The van der Waals surface area contributed by atoms with Gasteiger partial charge in [0.2, 0.25) is 5.91 Å². The molecule has 2 rings (SSSR count). The Bertz CT molecular complexity index is 934. The van der Waals surface area contributed by atoms with Crippen molar-refractivity contribution < 1.29 is 14.5 Å². The van der Waals surface area contributed by atoms with E-state index < -0.39 is 16.9 Å². The Hall–Kier alpha value is -2.64. The van der Waals surface area contributed by atoms with E-state index >= 15 is 0 Å². The molecule has 1 N–H and O–H groups in total. The van der Waals surface area contributed by atoms with Crippen molar-refractivity contribution in [1.29, 1.82) is 0 Å². The van der Waals surface area contributed by atoms with Crippen molar-refractivity contribution in [2.45, 2.75) is 39.4 Å². The van der Waals surface area contributed by atoms with E-state index in [1.165, 1.54) is 24.3 Å². The highest BCUT2D eigenvalue weighted by Crippen LogP contribution is 2.24. The zero-order valence-corrected chi connectivity index (χ0v) is 17.7. The molecular weight excluding hydrogens is 417 g/mol. The van der Waals surface area contributed by atoms with Crippen molar-refractivity contribution in [3.05, 3.63) is 73.8 Å². The highest BCUT2D eigenvalue weighted by molar-refractivity contribution is 6.42. The van der Waals surface area contributed by atoms with Gasteiger partial charge in [-0.3, -0.25) is 19.7 Å². The van der Waals surface area contributed by atoms with Crippen LogP contribution in [0.3, 0.4) is 0 Å². The van der Waals surface area contributed by atoms with Crippen LogP contribution in [-0.2, 0) is 11.3 Å². The molecule has 0 radical (unpaired) electrons. The van der Waals surface area contributed by atoms with Gasteiger partial charge in [-0.25, -0.2) is 0 Å². The molecule has 0 bridgehead atoms. The molecule has 0 aliphatic heterocycles. The van der Waals surface area contributed by atoms with Gasteiger partial charge >= 0.3 is 0 Å². The second-order valence-electron chi connectivity index (χ2n) is 6.81. The van der Waals surface area contributed by atoms with Crippen LogP contribution in [0.1, 0.15) is 36.7 Å². The molecule has 154 valence electrons. The molecule has 9 heteroatoms. The van der Waals surface area contributed by atoms with Gasteiger partial charge < -0.3 is 10.2 Å². The minimum atomic E-state index is -0.827. The first-order chi connectivity index (χ1) is 13.6. The normalized spacial score (nSPS) is 11.8. The number of carbonyl (C=O) groups excluding carboxylic acids is 2. The Morgan fingerprint density at radius 1 is 1.10 bits per heavy atom. The molecule has 0 heterocycles. The summed E-state index contributed by atoms with van der Waals surface area (Å²) >= 11 is 12.0. The van der Waals surface area contributed by atoms with Gasteiger partial charge in [-0.15, -0.1) is 0 Å². The summed E-state index contributed by atoms with van der Waals surface area (Å²) in [5, 5.41) is 14.3. The van der Waals surface area contributed by atoms with Crippen molar-refractivity contribution in [3.63, 3.8) is 0 Å². The molecule has 2 aromatic rings. The summed E-state index contributed by atoms with van der Waals surface area (Å²) in [6.45, 7) is 5.60. The molecule has 0 saturated heterocycles. The van der Waals surface area contributed by atoms with Crippen LogP contribution in [0, 0.1) is 10.1 Å². The van der Waals surface area contributed by atoms with Gasteiger partial charge in [0.25, 0.3) is 11.6 Å². The summed E-state index contributed by atoms with van der Waals surface area (Å²) in [5.41, 5.74) is 0.721. The zero-order valence-electron chi connectivity index (χ0n) is 16.2. The van der Waals surface area contributed by atoms with Crippen LogP contribution in [0.5, 0.6) is 0 Å². The molecule has 0 spiro atoms. The van der Waals surface area contributed by atoms with E-state index in [0.29, 0.717) is 16.6 Å². The zero-order chi connectivity index (χ0) is 21.7. The van der Waals surface area contributed by atoms with Crippen molar-refractivity contribution in [1.82, 2.24) is 10.2 Å². The van der Waals surface area contributed by atoms with E-state index in [-0.39, 0.29) is 23.2 Å². The summed E-state index contributed by atoms with van der Waals surface area (Å²) < 4.78 is 0. The second kappa shape index (κ2) is 9.71. The Balaban J connectivity index is 2.12. The van der Waals surface area contributed by atoms with Crippen molar-refractivity contribution in [2.24, 2.45) is 0 Å². The summed E-state index contributed by atoms with van der Waals surface area (Å²) in [6, 6.07) is 9.52. The maximum atomic E-state index is 12.9. The number of carbonyl (C=O) groups is 2. The molecular formula is C20H21Cl2N3O4. The first kappa shape index (κ1) is 22.6. The molecule has 0 fully saturated rings. The molecule has 29 heavy (non-hydrogen) atoms. The van der Waals surface area contributed by atoms with Gasteiger partial charge in [0, 0.05) is 30.3 Å². The smallest absolute Gasteiger partial charge is 0.270 e. The molecule has 0 saturated carbocycles. The van der Waals surface area contributed by atoms with Gasteiger partial charge in [-0.05, 0) is 44.5 Å². The lowest BCUT2D eigenvalue weighted by atomic mass is 10.1. The minimum Gasteiger partial charge on any atom is -0.341 e. The van der Waals surface area contributed by atoms with Gasteiger partial charge in [-0.2, -0.15) is 0 Å². The third-order valence-electron chi connectivity index (χ3n) is 4.28. The molecule has 7 nitrogen and oxygen atoms in total. The van der Waals surface area contributed by atoms with E-state index in [2.05, 4.69) is 5.32 Å². The van der Waals surface area contributed by atoms with Crippen LogP contribution in [0.15, 0.2) is 42.5 Å². The maximum Gasteiger partial charge on any atom is 0.270 e. The van der Waals surface area contributed by atoms with Crippen molar-refractivity contribution in [2.75, 3.05) is 0 Å².